The summed E-state index contributed by atoms with van der Waals surface area (Å²) in [5, 5.41) is 13.2. The number of aryl methyl sites for hydroxylation is 1. The molecule has 3 N–H and O–H groups in total. The molecule has 2 aromatic heterocycles. The maximum atomic E-state index is 13.6. The van der Waals surface area contributed by atoms with Gasteiger partial charge in [0.25, 0.3) is 5.56 Å². The van der Waals surface area contributed by atoms with Gasteiger partial charge in [0.2, 0.25) is 18.6 Å². The van der Waals surface area contributed by atoms with Crippen molar-refractivity contribution in [3.63, 3.8) is 0 Å². The second-order valence-electron chi connectivity index (χ2n) is 9.74. The maximum absolute atomic E-state index is 13.6. The molecule has 43 heavy (non-hydrogen) atoms. The van der Waals surface area contributed by atoms with Crippen molar-refractivity contribution in [1.82, 2.24) is 25.1 Å². The third kappa shape index (κ3) is 7.20. The first kappa shape index (κ1) is 29.8. The van der Waals surface area contributed by atoms with Crippen LogP contribution in [0.3, 0.4) is 0 Å². The summed E-state index contributed by atoms with van der Waals surface area (Å²) in [7, 11) is 3.16. The molecule has 3 heterocycles. The normalized spacial score (nSPS) is 11.9. The Morgan fingerprint density at radius 2 is 1.86 bits per heavy atom. The minimum Gasteiger partial charge on any atom is -0.493 e. The lowest BCUT2D eigenvalue weighted by atomic mass is 10.1. The number of aromatic amines is 1. The van der Waals surface area contributed by atoms with E-state index < -0.39 is 0 Å². The largest absolute Gasteiger partial charge is 0.493 e. The molecule has 5 rings (SSSR count). The predicted octanol–water partition coefficient (Wildman–Crippen LogP) is 3.04. The number of nitrogens with zero attached hydrogens (tertiary/aromatic N) is 3. The van der Waals surface area contributed by atoms with Gasteiger partial charge in [0.1, 0.15) is 0 Å². The summed E-state index contributed by atoms with van der Waals surface area (Å²) in [4.78, 5) is 43.4. The molecule has 0 aliphatic carbocycles. The summed E-state index contributed by atoms with van der Waals surface area (Å²) < 4.78 is 23.0. The number of rotatable bonds is 13. The Morgan fingerprint density at radius 1 is 1.07 bits per heavy atom. The van der Waals surface area contributed by atoms with Crippen LogP contribution in [0, 0.1) is 6.92 Å². The molecule has 14 heteroatoms. The Balaban J connectivity index is 1.23. The Kier molecular flexibility index (Phi) is 9.35. The van der Waals surface area contributed by atoms with Crippen molar-refractivity contribution < 1.29 is 28.5 Å². The Hall–Kier alpha value is -4.72. The van der Waals surface area contributed by atoms with E-state index in [1.54, 1.807) is 32.4 Å². The number of amides is 2. The average molecular weight is 609 g/mol. The molecule has 2 amide bonds. The van der Waals surface area contributed by atoms with Crippen LogP contribution in [-0.4, -0.2) is 64.9 Å². The summed E-state index contributed by atoms with van der Waals surface area (Å²) in [5.41, 5.74) is 1.96. The Morgan fingerprint density at radius 3 is 2.60 bits per heavy atom. The van der Waals surface area contributed by atoms with E-state index in [9.17, 15) is 14.4 Å². The standard InChI is InChI=1S/C29H32N6O7S/c1-17-11-25(34-33-17)32-27(37)15-43-29-31-20-14-24-23(41-16-42-24)13-19(20)28(38)35(29)10-4-5-26(36)30-9-8-18-6-7-21(39-2)22(12-18)40-3/h6-7,11-14H,4-5,8-10,15-16H2,1-3H3,(H,30,36)(H2,32,33,34,37). The first-order valence-corrected chi connectivity index (χ1v) is 14.6. The molecular weight excluding hydrogens is 576 g/mol. The van der Waals surface area contributed by atoms with Gasteiger partial charge in [-0.05, 0) is 43.5 Å². The van der Waals surface area contributed by atoms with Crippen molar-refractivity contribution in [2.24, 2.45) is 0 Å². The molecule has 13 nitrogen and oxygen atoms in total. The van der Waals surface area contributed by atoms with Gasteiger partial charge in [-0.1, -0.05) is 17.8 Å². The highest BCUT2D eigenvalue weighted by molar-refractivity contribution is 7.99. The molecule has 1 aliphatic rings. The van der Waals surface area contributed by atoms with E-state index in [2.05, 4.69) is 25.8 Å². The number of aromatic nitrogens is 4. The third-order valence-electron chi connectivity index (χ3n) is 6.69. The van der Waals surface area contributed by atoms with E-state index in [0.29, 0.717) is 64.3 Å². The lowest BCUT2D eigenvalue weighted by Gasteiger charge is -2.13. The van der Waals surface area contributed by atoms with Crippen molar-refractivity contribution in [2.45, 2.75) is 37.9 Å². The van der Waals surface area contributed by atoms with Crippen LogP contribution < -0.4 is 35.1 Å². The van der Waals surface area contributed by atoms with E-state index in [1.165, 1.54) is 4.57 Å². The second-order valence-corrected chi connectivity index (χ2v) is 10.7. The fraction of sp³-hybridized carbons (Fsp3) is 0.345. The molecule has 0 saturated carbocycles. The van der Waals surface area contributed by atoms with Crippen LogP contribution in [0.1, 0.15) is 24.1 Å². The summed E-state index contributed by atoms with van der Waals surface area (Å²) >= 11 is 1.13. The highest BCUT2D eigenvalue weighted by Crippen LogP contribution is 2.35. The van der Waals surface area contributed by atoms with Crippen molar-refractivity contribution in [3.05, 3.63) is 58.0 Å². The first-order chi connectivity index (χ1) is 20.8. The van der Waals surface area contributed by atoms with E-state index >= 15 is 0 Å². The summed E-state index contributed by atoms with van der Waals surface area (Å²) in [6.07, 6.45) is 1.23. The highest BCUT2D eigenvalue weighted by atomic mass is 32.2. The molecule has 0 spiro atoms. The number of H-pyrrole nitrogens is 1. The molecule has 0 bridgehead atoms. The molecule has 0 saturated heterocycles. The number of carbonyl (C=O) groups excluding carboxylic acids is 2. The van der Waals surface area contributed by atoms with Gasteiger partial charge in [0.15, 0.2) is 34.0 Å². The molecule has 2 aromatic carbocycles. The van der Waals surface area contributed by atoms with Crippen LogP contribution in [0.25, 0.3) is 10.9 Å². The summed E-state index contributed by atoms with van der Waals surface area (Å²) in [5.74, 6) is 2.25. The topological polar surface area (TPSA) is 159 Å². The van der Waals surface area contributed by atoms with Gasteiger partial charge in [-0.2, -0.15) is 5.10 Å². The Bertz CT molecular complexity index is 1700. The van der Waals surface area contributed by atoms with Crippen LogP contribution in [0.4, 0.5) is 5.82 Å². The minimum atomic E-state index is -0.294. The number of thioether (sulfide) groups is 1. The number of methoxy groups -OCH3 is 2. The van der Waals surface area contributed by atoms with Gasteiger partial charge >= 0.3 is 0 Å². The van der Waals surface area contributed by atoms with E-state index in [1.807, 2.05) is 25.1 Å². The molecule has 0 radical (unpaired) electrons. The molecular formula is C29H32N6O7S. The molecule has 0 fully saturated rings. The third-order valence-corrected chi connectivity index (χ3v) is 7.67. The van der Waals surface area contributed by atoms with Crippen LogP contribution in [0.15, 0.2) is 46.3 Å². The quantitative estimate of drug-likeness (QED) is 0.152. The fourth-order valence-electron chi connectivity index (χ4n) is 4.56. The lowest BCUT2D eigenvalue weighted by molar-refractivity contribution is -0.121. The molecule has 0 atom stereocenters. The summed E-state index contributed by atoms with van der Waals surface area (Å²) in [6, 6.07) is 10.6. The van der Waals surface area contributed by atoms with Gasteiger partial charge in [0, 0.05) is 37.3 Å². The average Bonchev–Trinajstić information content (AvgIpc) is 3.64. The van der Waals surface area contributed by atoms with Gasteiger partial charge in [-0.3, -0.25) is 24.0 Å². The smallest absolute Gasteiger partial charge is 0.262 e. The predicted molar refractivity (Wildman–Crippen MR) is 160 cm³/mol. The Labute approximate surface area is 251 Å². The summed E-state index contributed by atoms with van der Waals surface area (Å²) in [6.45, 7) is 2.58. The van der Waals surface area contributed by atoms with Crippen LogP contribution >= 0.6 is 11.8 Å². The zero-order valence-corrected chi connectivity index (χ0v) is 24.8. The number of carbonyl (C=O) groups is 2. The van der Waals surface area contributed by atoms with Crippen LogP contribution in [0.2, 0.25) is 0 Å². The number of fused-ring (bicyclic) bond motifs is 2. The number of ether oxygens (including phenoxy) is 4. The number of benzene rings is 2. The number of hydrogen-bond acceptors (Lipinski definition) is 10. The van der Waals surface area contributed by atoms with Crippen LogP contribution in [-0.2, 0) is 22.6 Å². The number of hydrogen-bond donors (Lipinski definition) is 3. The fourth-order valence-corrected chi connectivity index (χ4v) is 5.38. The van der Waals surface area contributed by atoms with Gasteiger partial charge in [-0.25, -0.2) is 4.98 Å². The van der Waals surface area contributed by atoms with Crippen molar-refractivity contribution in [3.8, 4) is 23.0 Å². The second kappa shape index (κ2) is 13.5. The van der Waals surface area contributed by atoms with Crippen LogP contribution in [0.5, 0.6) is 23.0 Å². The molecule has 0 unspecified atom stereocenters. The maximum Gasteiger partial charge on any atom is 0.262 e. The monoisotopic (exact) mass is 608 g/mol. The van der Waals surface area contributed by atoms with Crippen molar-refractivity contribution in [1.29, 1.82) is 0 Å². The van der Waals surface area contributed by atoms with Gasteiger partial charge < -0.3 is 29.6 Å². The SMILES string of the molecule is COc1ccc(CCNC(=O)CCCn2c(SCC(=O)Nc3cc(C)[nH]n3)nc3cc4c(cc3c2=O)OCO4)cc1OC. The van der Waals surface area contributed by atoms with Gasteiger partial charge in [0.05, 0.1) is 30.9 Å². The van der Waals surface area contributed by atoms with E-state index in [-0.39, 0.29) is 42.9 Å². The highest BCUT2D eigenvalue weighted by Gasteiger charge is 2.20. The number of anilines is 1. The first-order valence-electron chi connectivity index (χ1n) is 13.6. The lowest BCUT2D eigenvalue weighted by Crippen LogP contribution is -2.27. The van der Waals surface area contributed by atoms with Crippen molar-refractivity contribution in [2.75, 3.05) is 38.6 Å². The zero-order valence-electron chi connectivity index (χ0n) is 24.0. The van der Waals surface area contributed by atoms with Crippen molar-refractivity contribution >= 4 is 40.3 Å². The van der Waals surface area contributed by atoms with E-state index in [0.717, 1.165) is 23.0 Å². The molecule has 1 aliphatic heterocycles. The molecule has 226 valence electrons. The van der Waals surface area contributed by atoms with E-state index in [4.69, 9.17) is 18.9 Å². The molecule has 4 aromatic rings. The zero-order chi connectivity index (χ0) is 30.3. The van der Waals surface area contributed by atoms with Gasteiger partial charge in [-0.15, -0.1) is 0 Å². The minimum absolute atomic E-state index is 0.00500. The number of nitrogens with one attached hydrogen (secondary N) is 3.